The van der Waals surface area contributed by atoms with Crippen LogP contribution in [0, 0.1) is 5.92 Å². The highest BCUT2D eigenvalue weighted by molar-refractivity contribution is 5.89. The highest BCUT2D eigenvalue weighted by atomic mass is 16.5. The fourth-order valence-electron chi connectivity index (χ4n) is 4.06. The minimum Gasteiger partial charge on any atom is -0.493 e. The summed E-state index contributed by atoms with van der Waals surface area (Å²) < 4.78 is 11.5. The Labute approximate surface area is 189 Å². The van der Waals surface area contributed by atoms with Crippen LogP contribution in [0.15, 0.2) is 42.6 Å². The van der Waals surface area contributed by atoms with E-state index in [4.69, 9.17) is 9.47 Å². The Bertz CT molecular complexity index is 930. The van der Waals surface area contributed by atoms with Crippen molar-refractivity contribution in [3.63, 3.8) is 0 Å². The molecule has 0 spiro atoms. The molecule has 0 bridgehead atoms. The summed E-state index contributed by atoms with van der Waals surface area (Å²) in [5.41, 5.74) is 1.89. The SMILES string of the molecule is COc1cc(CN(C(=O)C2CC2)[C@H]2CCCCNC2=O)ccc1OCCc1ccccn1. The number of aromatic nitrogens is 1. The Kier molecular flexibility index (Phi) is 7.24. The summed E-state index contributed by atoms with van der Waals surface area (Å²) in [4.78, 5) is 31.8. The summed E-state index contributed by atoms with van der Waals surface area (Å²) in [6.07, 6.45) is 6.89. The van der Waals surface area contributed by atoms with Crippen molar-refractivity contribution < 1.29 is 19.1 Å². The smallest absolute Gasteiger partial charge is 0.242 e. The molecule has 1 N–H and O–H groups in total. The first-order valence-corrected chi connectivity index (χ1v) is 11.4. The predicted molar refractivity (Wildman–Crippen MR) is 120 cm³/mol. The molecule has 2 fully saturated rings. The predicted octanol–water partition coefficient (Wildman–Crippen LogP) is 3.12. The molecular weight excluding hydrogens is 406 g/mol. The number of rotatable bonds is 9. The second kappa shape index (κ2) is 10.5. The molecule has 1 aromatic heterocycles. The Morgan fingerprint density at radius 1 is 1.16 bits per heavy atom. The summed E-state index contributed by atoms with van der Waals surface area (Å²) in [5, 5.41) is 2.96. The molecule has 2 aromatic rings. The van der Waals surface area contributed by atoms with E-state index in [1.807, 2.05) is 36.4 Å². The molecule has 1 aromatic carbocycles. The van der Waals surface area contributed by atoms with E-state index in [0.717, 1.165) is 36.9 Å². The fraction of sp³-hybridized carbons (Fsp3) is 0.480. The van der Waals surface area contributed by atoms with Crippen molar-refractivity contribution in [2.75, 3.05) is 20.3 Å². The molecule has 2 aliphatic rings. The number of carbonyl (C=O) groups is 2. The van der Waals surface area contributed by atoms with Gasteiger partial charge in [-0.15, -0.1) is 0 Å². The van der Waals surface area contributed by atoms with Gasteiger partial charge in [0.05, 0.1) is 13.7 Å². The van der Waals surface area contributed by atoms with Crippen molar-refractivity contribution >= 4 is 11.8 Å². The van der Waals surface area contributed by atoms with Crippen LogP contribution in [0.5, 0.6) is 11.5 Å². The van der Waals surface area contributed by atoms with Crippen molar-refractivity contribution in [2.45, 2.75) is 51.1 Å². The van der Waals surface area contributed by atoms with E-state index in [-0.39, 0.29) is 17.7 Å². The average molecular weight is 438 g/mol. The summed E-state index contributed by atoms with van der Waals surface area (Å²) in [7, 11) is 1.61. The first-order valence-electron chi connectivity index (χ1n) is 11.4. The van der Waals surface area contributed by atoms with Gasteiger partial charge in [0.1, 0.15) is 6.04 Å². The van der Waals surface area contributed by atoms with Crippen molar-refractivity contribution in [1.29, 1.82) is 0 Å². The third-order valence-electron chi connectivity index (χ3n) is 6.01. The second-order valence-corrected chi connectivity index (χ2v) is 8.45. The number of nitrogens with zero attached hydrogens (tertiary/aromatic N) is 2. The molecule has 0 radical (unpaired) electrons. The summed E-state index contributed by atoms with van der Waals surface area (Å²) in [5.74, 6) is 1.37. The highest BCUT2D eigenvalue weighted by Crippen LogP contribution is 2.34. The minimum absolute atomic E-state index is 0.0436. The molecule has 1 saturated heterocycles. The van der Waals surface area contributed by atoms with Crippen LogP contribution in [0.25, 0.3) is 0 Å². The number of benzene rings is 1. The highest BCUT2D eigenvalue weighted by Gasteiger charge is 2.39. The number of ether oxygens (including phenoxy) is 2. The zero-order valence-electron chi connectivity index (χ0n) is 18.6. The zero-order valence-corrected chi connectivity index (χ0v) is 18.6. The normalized spacial score (nSPS) is 18.4. The number of hydrogen-bond acceptors (Lipinski definition) is 5. The Morgan fingerprint density at radius 3 is 2.78 bits per heavy atom. The summed E-state index contributed by atoms with van der Waals surface area (Å²) >= 11 is 0. The van der Waals surface area contributed by atoms with Crippen LogP contribution in [0.3, 0.4) is 0 Å². The van der Waals surface area contributed by atoms with E-state index in [0.29, 0.717) is 44.0 Å². The molecule has 4 rings (SSSR count). The topological polar surface area (TPSA) is 80.8 Å². The van der Waals surface area contributed by atoms with Crippen LogP contribution >= 0.6 is 0 Å². The van der Waals surface area contributed by atoms with E-state index in [2.05, 4.69) is 10.3 Å². The van der Waals surface area contributed by atoms with Gasteiger partial charge in [-0.25, -0.2) is 0 Å². The van der Waals surface area contributed by atoms with E-state index in [9.17, 15) is 9.59 Å². The van der Waals surface area contributed by atoms with E-state index < -0.39 is 6.04 Å². The van der Waals surface area contributed by atoms with Gasteiger partial charge in [0.2, 0.25) is 11.8 Å². The van der Waals surface area contributed by atoms with Crippen LogP contribution < -0.4 is 14.8 Å². The standard InChI is InChI=1S/C25H31N3O4/c1-31-23-16-18(8-11-22(23)32-15-12-20-6-2-4-13-26-20)17-28(25(30)19-9-10-19)21-7-3-5-14-27-24(21)29/h2,4,6,8,11,13,16,19,21H,3,5,7,9-10,12,14-15,17H2,1H3,(H,27,29)/t21-/m0/s1. The maximum Gasteiger partial charge on any atom is 0.242 e. The van der Waals surface area contributed by atoms with Gasteiger partial charge in [-0.1, -0.05) is 12.1 Å². The molecule has 0 unspecified atom stereocenters. The lowest BCUT2D eigenvalue weighted by molar-refractivity contribution is -0.142. The number of hydrogen-bond donors (Lipinski definition) is 1. The number of amides is 2. The van der Waals surface area contributed by atoms with Crippen molar-refractivity contribution in [3.8, 4) is 11.5 Å². The van der Waals surface area contributed by atoms with Gasteiger partial charge in [0.15, 0.2) is 11.5 Å². The van der Waals surface area contributed by atoms with E-state index >= 15 is 0 Å². The molecular formula is C25H31N3O4. The molecule has 1 aliphatic carbocycles. The largest absolute Gasteiger partial charge is 0.493 e. The third-order valence-corrected chi connectivity index (χ3v) is 6.01. The van der Waals surface area contributed by atoms with Crippen molar-refractivity contribution in [3.05, 3.63) is 53.9 Å². The molecule has 2 heterocycles. The van der Waals surface area contributed by atoms with Crippen LogP contribution in [-0.2, 0) is 22.6 Å². The Morgan fingerprint density at radius 2 is 2.03 bits per heavy atom. The van der Waals surface area contributed by atoms with Gasteiger partial charge in [-0.3, -0.25) is 14.6 Å². The molecule has 7 heteroatoms. The number of carbonyl (C=O) groups excluding carboxylic acids is 2. The lowest BCUT2D eigenvalue weighted by Gasteiger charge is -2.30. The Hall–Kier alpha value is -3.09. The molecule has 32 heavy (non-hydrogen) atoms. The third kappa shape index (κ3) is 5.58. The van der Waals surface area contributed by atoms with Gasteiger partial charge < -0.3 is 19.7 Å². The number of nitrogens with one attached hydrogen (secondary N) is 1. The van der Waals surface area contributed by atoms with Crippen LogP contribution in [0.2, 0.25) is 0 Å². The number of methoxy groups -OCH3 is 1. The average Bonchev–Trinajstić information content (AvgIpc) is 3.67. The molecule has 1 saturated carbocycles. The van der Waals surface area contributed by atoms with Crippen LogP contribution in [0.1, 0.15) is 43.4 Å². The maximum absolute atomic E-state index is 13.0. The first kappa shape index (κ1) is 22.1. The molecule has 1 aliphatic heterocycles. The van der Waals surface area contributed by atoms with Gasteiger partial charge in [0, 0.05) is 37.3 Å². The molecule has 7 nitrogen and oxygen atoms in total. The van der Waals surface area contributed by atoms with Crippen molar-refractivity contribution in [1.82, 2.24) is 15.2 Å². The summed E-state index contributed by atoms with van der Waals surface area (Å²) in [6, 6.07) is 11.1. The lowest BCUT2D eigenvalue weighted by Crippen LogP contribution is -2.48. The summed E-state index contributed by atoms with van der Waals surface area (Å²) in [6.45, 7) is 1.55. The van der Waals surface area contributed by atoms with Gasteiger partial charge in [-0.05, 0) is 61.9 Å². The molecule has 2 amide bonds. The second-order valence-electron chi connectivity index (χ2n) is 8.45. The van der Waals surface area contributed by atoms with Gasteiger partial charge in [-0.2, -0.15) is 0 Å². The van der Waals surface area contributed by atoms with E-state index in [1.54, 1.807) is 18.2 Å². The monoisotopic (exact) mass is 437 g/mol. The maximum atomic E-state index is 13.0. The Balaban J connectivity index is 1.46. The zero-order chi connectivity index (χ0) is 22.3. The minimum atomic E-state index is -0.411. The fourth-order valence-corrected chi connectivity index (χ4v) is 4.06. The van der Waals surface area contributed by atoms with Crippen LogP contribution in [0.4, 0.5) is 0 Å². The first-order chi connectivity index (χ1) is 15.7. The molecule has 170 valence electrons. The lowest BCUT2D eigenvalue weighted by atomic mass is 10.1. The van der Waals surface area contributed by atoms with Gasteiger partial charge >= 0.3 is 0 Å². The van der Waals surface area contributed by atoms with E-state index in [1.165, 1.54) is 0 Å². The number of pyridine rings is 1. The van der Waals surface area contributed by atoms with Crippen LogP contribution in [-0.4, -0.2) is 48.0 Å². The quantitative estimate of drug-likeness (QED) is 0.652. The van der Waals surface area contributed by atoms with Gasteiger partial charge in [0.25, 0.3) is 0 Å². The molecule has 1 atom stereocenters. The van der Waals surface area contributed by atoms with Crippen molar-refractivity contribution in [2.24, 2.45) is 5.92 Å².